The van der Waals surface area contributed by atoms with Gasteiger partial charge in [-0.05, 0) is 55.0 Å². The van der Waals surface area contributed by atoms with Gasteiger partial charge in [0.1, 0.15) is 0 Å². The van der Waals surface area contributed by atoms with Crippen molar-refractivity contribution in [3.8, 4) is 0 Å². The molecule has 22 heavy (non-hydrogen) atoms. The van der Waals surface area contributed by atoms with Gasteiger partial charge >= 0.3 is 0 Å². The third-order valence-electron chi connectivity index (χ3n) is 4.96. The molecule has 1 aliphatic rings. The van der Waals surface area contributed by atoms with Crippen LogP contribution in [0.4, 0.5) is 0 Å². The van der Waals surface area contributed by atoms with Crippen LogP contribution >= 0.6 is 0 Å². The summed E-state index contributed by atoms with van der Waals surface area (Å²) in [6, 6.07) is 19.5. The van der Waals surface area contributed by atoms with Crippen molar-refractivity contribution in [3.05, 3.63) is 71.3 Å². The molecule has 1 saturated heterocycles. The van der Waals surface area contributed by atoms with E-state index in [0.717, 1.165) is 26.2 Å². The minimum atomic E-state index is 0.554. The Morgan fingerprint density at radius 1 is 1.05 bits per heavy atom. The maximum absolute atomic E-state index is 6.11. The molecule has 2 N–H and O–H groups in total. The molecule has 0 bridgehead atoms. The van der Waals surface area contributed by atoms with Gasteiger partial charge in [0.15, 0.2) is 0 Å². The fraction of sp³-hybridized carbons (Fsp3) is 0.400. The Morgan fingerprint density at radius 3 is 2.50 bits per heavy atom. The zero-order valence-electron chi connectivity index (χ0n) is 13.4. The van der Waals surface area contributed by atoms with E-state index in [1.54, 1.807) is 0 Å². The highest BCUT2D eigenvalue weighted by atomic mass is 15.1. The van der Waals surface area contributed by atoms with Crippen molar-refractivity contribution in [2.24, 2.45) is 11.7 Å². The van der Waals surface area contributed by atoms with Crippen molar-refractivity contribution in [1.82, 2.24) is 4.90 Å². The molecule has 2 aromatic rings. The van der Waals surface area contributed by atoms with Crippen LogP contribution in [-0.2, 0) is 6.54 Å². The van der Waals surface area contributed by atoms with Crippen LogP contribution < -0.4 is 5.73 Å². The molecule has 0 saturated carbocycles. The van der Waals surface area contributed by atoms with E-state index in [1.165, 1.54) is 23.1 Å². The van der Waals surface area contributed by atoms with Crippen LogP contribution in [0, 0.1) is 12.8 Å². The summed E-state index contributed by atoms with van der Waals surface area (Å²) in [7, 11) is 0. The average Bonchev–Trinajstić information content (AvgIpc) is 2.56. The van der Waals surface area contributed by atoms with E-state index in [9.17, 15) is 0 Å². The number of hydrogen-bond acceptors (Lipinski definition) is 2. The monoisotopic (exact) mass is 294 g/mol. The topological polar surface area (TPSA) is 29.3 Å². The van der Waals surface area contributed by atoms with Crippen molar-refractivity contribution in [3.63, 3.8) is 0 Å². The first-order valence-electron chi connectivity index (χ1n) is 8.30. The number of hydrogen-bond donors (Lipinski definition) is 1. The number of nitrogens with two attached hydrogens (primary N) is 1. The van der Waals surface area contributed by atoms with Gasteiger partial charge in [0.05, 0.1) is 0 Å². The summed E-state index contributed by atoms with van der Waals surface area (Å²) < 4.78 is 0. The maximum Gasteiger partial charge on any atom is 0.0233 e. The van der Waals surface area contributed by atoms with Crippen molar-refractivity contribution in [2.75, 3.05) is 19.6 Å². The van der Waals surface area contributed by atoms with Gasteiger partial charge in [0, 0.05) is 13.1 Å². The largest absolute Gasteiger partial charge is 0.330 e. The van der Waals surface area contributed by atoms with E-state index < -0.39 is 0 Å². The molecular formula is C20H26N2. The summed E-state index contributed by atoms with van der Waals surface area (Å²) in [5.74, 6) is 1.16. The van der Waals surface area contributed by atoms with Gasteiger partial charge in [-0.2, -0.15) is 0 Å². The van der Waals surface area contributed by atoms with E-state index in [2.05, 4.69) is 66.4 Å². The van der Waals surface area contributed by atoms with E-state index >= 15 is 0 Å². The highest BCUT2D eigenvalue weighted by molar-refractivity contribution is 5.30. The minimum absolute atomic E-state index is 0.554. The van der Waals surface area contributed by atoms with E-state index in [-0.39, 0.29) is 0 Å². The molecule has 2 aromatic carbocycles. The normalized spacial score (nSPS) is 22.6. The Hall–Kier alpha value is -1.64. The van der Waals surface area contributed by atoms with Gasteiger partial charge in [-0.25, -0.2) is 0 Å². The molecule has 3 rings (SSSR count). The number of benzene rings is 2. The lowest BCUT2D eigenvalue weighted by atomic mass is 9.79. The van der Waals surface area contributed by atoms with Gasteiger partial charge < -0.3 is 5.73 Å². The fourth-order valence-electron chi connectivity index (χ4n) is 3.74. The second-order valence-corrected chi connectivity index (χ2v) is 6.47. The second-order valence-electron chi connectivity index (χ2n) is 6.47. The van der Waals surface area contributed by atoms with Crippen LogP contribution in [0.2, 0.25) is 0 Å². The fourth-order valence-corrected chi connectivity index (χ4v) is 3.74. The Balaban J connectivity index is 1.70. The first-order valence-corrected chi connectivity index (χ1v) is 8.30. The van der Waals surface area contributed by atoms with Gasteiger partial charge in [0.2, 0.25) is 0 Å². The summed E-state index contributed by atoms with van der Waals surface area (Å²) >= 11 is 0. The molecule has 0 aromatic heterocycles. The van der Waals surface area contributed by atoms with Crippen LogP contribution in [0.15, 0.2) is 54.6 Å². The Labute approximate surface area is 134 Å². The Bertz CT molecular complexity index is 594. The third-order valence-corrected chi connectivity index (χ3v) is 4.96. The molecule has 0 radical (unpaired) electrons. The SMILES string of the molecule is Cc1ccccc1C1CCN(Cc2ccccc2)CC1CN. The predicted octanol–water partition coefficient (Wildman–Crippen LogP) is 3.56. The summed E-state index contributed by atoms with van der Waals surface area (Å²) in [4.78, 5) is 2.56. The van der Waals surface area contributed by atoms with Crippen molar-refractivity contribution >= 4 is 0 Å². The molecule has 2 unspecified atom stereocenters. The van der Waals surface area contributed by atoms with Gasteiger partial charge in [-0.3, -0.25) is 4.90 Å². The van der Waals surface area contributed by atoms with Gasteiger partial charge in [-0.15, -0.1) is 0 Å². The molecule has 1 fully saturated rings. The summed E-state index contributed by atoms with van der Waals surface area (Å²) in [5.41, 5.74) is 10.4. The van der Waals surface area contributed by atoms with E-state index in [4.69, 9.17) is 5.73 Å². The molecule has 1 heterocycles. The Kier molecular flexibility index (Phi) is 4.91. The number of piperidine rings is 1. The van der Waals surface area contributed by atoms with Gasteiger partial charge in [-0.1, -0.05) is 54.6 Å². The first-order chi connectivity index (χ1) is 10.8. The molecular weight excluding hydrogens is 268 g/mol. The highest BCUT2D eigenvalue weighted by Gasteiger charge is 2.30. The first kappa shape index (κ1) is 15.3. The lowest BCUT2D eigenvalue weighted by Gasteiger charge is -2.39. The highest BCUT2D eigenvalue weighted by Crippen LogP contribution is 2.34. The summed E-state index contributed by atoms with van der Waals surface area (Å²) in [5, 5.41) is 0. The molecule has 0 aliphatic carbocycles. The Morgan fingerprint density at radius 2 is 1.77 bits per heavy atom. The van der Waals surface area contributed by atoms with Gasteiger partial charge in [0.25, 0.3) is 0 Å². The second kappa shape index (κ2) is 7.08. The van der Waals surface area contributed by atoms with Crippen LogP contribution in [0.25, 0.3) is 0 Å². The minimum Gasteiger partial charge on any atom is -0.330 e. The predicted molar refractivity (Wildman–Crippen MR) is 92.8 cm³/mol. The van der Waals surface area contributed by atoms with Crippen LogP contribution in [0.1, 0.15) is 29.0 Å². The van der Waals surface area contributed by atoms with Crippen LogP contribution in [0.5, 0.6) is 0 Å². The number of nitrogens with zero attached hydrogens (tertiary/aromatic N) is 1. The molecule has 2 heteroatoms. The third kappa shape index (κ3) is 3.40. The quantitative estimate of drug-likeness (QED) is 0.934. The average molecular weight is 294 g/mol. The van der Waals surface area contributed by atoms with E-state index in [0.29, 0.717) is 11.8 Å². The van der Waals surface area contributed by atoms with Crippen molar-refractivity contribution < 1.29 is 0 Å². The lowest BCUT2D eigenvalue weighted by Crippen LogP contribution is -2.42. The number of aryl methyl sites for hydroxylation is 1. The molecule has 2 nitrogen and oxygen atoms in total. The molecule has 0 amide bonds. The molecule has 1 aliphatic heterocycles. The molecule has 0 spiro atoms. The maximum atomic E-state index is 6.11. The summed E-state index contributed by atoms with van der Waals surface area (Å²) in [6.45, 7) is 6.29. The van der Waals surface area contributed by atoms with Crippen molar-refractivity contribution in [2.45, 2.75) is 25.8 Å². The number of likely N-dealkylation sites (tertiary alicyclic amines) is 1. The van der Waals surface area contributed by atoms with Crippen LogP contribution in [-0.4, -0.2) is 24.5 Å². The number of rotatable bonds is 4. The molecule has 2 atom stereocenters. The molecule has 116 valence electrons. The zero-order chi connectivity index (χ0) is 15.4. The smallest absolute Gasteiger partial charge is 0.0233 e. The van der Waals surface area contributed by atoms with Crippen molar-refractivity contribution in [1.29, 1.82) is 0 Å². The van der Waals surface area contributed by atoms with Crippen LogP contribution in [0.3, 0.4) is 0 Å². The summed E-state index contributed by atoms with van der Waals surface area (Å²) in [6.07, 6.45) is 1.21. The zero-order valence-corrected chi connectivity index (χ0v) is 13.4. The van der Waals surface area contributed by atoms with E-state index in [1.807, 2.05) is 0 Å². The lowest BCUT2D eigenvalue weighted by molar-refractivity contribution is 0.150. The standard InChI is InChI=1S/C20H26N2/c1-16-7-5-6-10-19(16)20-11-12-22(15-18(20)13-21)14-17-8-3-2-4-9-17/h2-10,18,20H,11-15,21H2,1H3.